The number of thiophene rings is 1. The maximum atomic E-state index is 5.88. The van der Waals surface area contributed by atoms with Gasteiger partial charge in [-0.3, -0.25) is 39.9 Å². The highest BCUT2D eigenvalue weighted by atomic mass is 32.1. The molecule has 0 aliphatic carbocycles. The number of imidazole rings is 2. The molecule has 0 bridgehead atoms. The Morgan fingerprint density at radius 3 is 1.15 bits per heavy atom. The van der Waals surface area contributed by atoms with Crippen LogP contribution < -0.4 is 0 Å². The molecule has 0 saturated heterocycles. The largest absolute Gasteiger partial charge is 0.460 e. The number of nitrogens with zero attached hydrogens (tertiary/aromatic N) is 16. The fraction of sp³-hybridized carbons (Fsp3) is 0.500. The monoisotopic (exact) mass is 1720 g/mol. The van der Waals surface area contributed by atoms with Crippen molar-refractivity contribution in [2.75, 3.05) is 0 Å². The number of hydrogen-bond donors (Lipinski definition) is 0. The number of aryl methyl sites for hydroxylation is 27. The van der Waals surface area contributed by atoms with E-state index in [2.05, 4.69) is 324 Å². The van der Waals surface area contributed by atoms with Crippen molar-refractivity contribution in [3.8, 4) is 0 Å². The summed E-state index contributed by atoms with van der Waals surface area (Å²) in [5.74, 6) is 7.90. The van der Waals surface area contributed by atoms with Gasteiger partial charge in [0.05, 0.1) is 75.5 Å². The van der Waals surface area contributed by atoms with Crippen LogP contribution in [0.15, 0.2) is 27.0 Å². The van der Waals surface area contributed by atoms with Gasteiger partial charge in [-0.1, -0.05) is 111 Å². The average molecular weight is 1720 g/mol. The lowest BCUT2D eigenvalue weighted by Gasteiger charge is -2.09. The van der Waals surface area contributed by atoms with E-state index in [1.165, 1.54) is 95.4 Å². The fourth-order valence-corrected chi connectivity index (χ4v) is 19.0. The van der Waals surface area contributed by atoms with Crippen LogP contribution in [0.3, 0.4) is 0 Å². The summed E-state index contributed by atoms with van der Waals surface area (Å²) < 4.78 is 22.3. The Balaban J connectivity index is 0.000000159. The summed E-state index contributed by atoms with van der Waals surface area (Å²) in [5.41, 5.74) is 39.5. The predicted octanol–water partition coefficient (Wildman–Crippen LogP) is 28.6. The lowest BCUT2D eigenvalue weighted by molar-refractivity contribution is 0.500. The molecule has 658 valence electrons. The van der Waals surface area contributed by atoms with Gasteiger partial charge < -0.3 is 22.5 Å². The zero-order chi connectivity index (χ0) is 91.9. The van der Waals surface area contributed by atoms with Gasteiger partial charge in [-0.05, 0) is 230 Å². The Morgan fingerprint density at radius 2 is 0.650 bits per heavy atom. The van der Waals surface area contributed by atoms with Crippen molar-refractivity contribution in [2.45, 2.75) is 324 Å². The van der Waals surface area contributed by atoms with Gasteiger partial charge in [-0.25, -0.2) is 24.9 Å². The van der Waals surface area contributed by atoms with E-state index in [9.17, 15) is 0 Å². The van der Waals surface area contributed by atoms with Crippen LogP contribution in [0.2, 0.25) is 0 Å². The van der Waals surface area contributed by atoms with Crippen molar-refractivity contribution in [3.05, 3.63) is 198 Å². The summed E-state index contributed by atoms with van der Waals surface area (Å²) in [6, 6.07) is 6.71. The van der Waals surface area contributed by atoms with Gasteiger partial charge in [-0.2, -0.15) is 0 Å². The second-order valence-electron chi connectivity index (χ2n) is 36.3. The minimum atomic E-state index is 0.316. The van der Waals surface area contributed by atoms with Crippen molar-refractivity contribution < 1.29 is 8.83 Å². The highest BCUT2D eigenvalue weighted by molar-refractivity contribution is 7.19. The van der Waals surface area contributed by atoms with E-state index in [1.807, 2.05) is 78.1 Å². The Morgan fingerprint density at radius 1 is 0.244 bits per heavy atom. The van der Waals surface area contributed by atoms with Crippen LogP contribution >= 0.6 is 34.0 Å². The Labute approximate surface area is 745 Å². The lowest BCUT2D eigenvalue weighted by Crippen LogP contribution is -2.01. The van der Waals surface area contributed by atoms with Gasteiger partial charge in [0.1, 0.15) is 39.5 Å². The molecule has 0 aliphatic heterocycles. The van der Waals surface area contributed by atoms with E-state index in [4.69, 9.17) is 23.8 Å². The number of rotatable bonds is 8. The average Bonchev–Trinajstić information content (AvgIpc) is 1.66. The highest BCUT2D eigenvalue weighted by Crippen LogP contribution is 2.39. The molecule has 21 heteroatoms. The van der Waals surface area contributed by atoms with E-state index < -0.39 is 0 Å². The van der Waals surface area contributed by atoms with E-state index in [1.54, 1.807) is 11.3 Å². The maximum Gasteiger partial charge on any atom is 0.198 e. The van der Waals surface area contributed by atoms with Gasteiger partial charge in [0.25, 0.3) is 0 Å². The first-order chi connectivity index (χ1) is 57.3. The number of aromatic nitrogens is 16. The normalized spacial score (nSPS) is 11.6. The molecule has 0 fully saturated rings. The van der Waals surface area contributed by atoms with Crippen molar-refractivity contribution in [2.24, 2.45) is 21.1 Å². The molecule has 16 heterocycles. The summed E-state index contributed by atoms with van der Waals surface area (Å²) in [4.78, 5) is 61.1. The summed E-state index contributed by atoms with van der Waals surface area (Å²) in [5, 5.41) is 6.22. The Bertz CT molecular complexity index is 5900. The van der Waals surface area contributed by atoms with Crippen molar-refractivity contribution >= 4 is 120 Å². The van der Waals surface area contributed by atoms with E-state index in [-0.39, 0.29) is 0 Å². The second-order valence-corrected chi connectivity index (χ2v) is 39.5. The smallest absolute Gasteiger partial charge is 0.198 e. The quantitative estimate of drug-likeness (QED) is 0.139. The third kappa shape index (κ3) is 20.5. The molecular formula is C102H140N16O2S3. The minimum absolute atomic E-state index is 0.316. The van der Waals surface area contributed by atoms with Gasteiger partial charge in [0.15, 0.2) is 11.5 Å². The molecule has 18 nitrogen and oxygen atoms in total. The molecule has 0 aromatic carbocycles. The summed E-state index contributed by atoms with van der Waals surface area (Å²) in [7, 11) is 6.33. The Kier molecular flexibility index (Phi) is 31.1. The van der Waals surface area contributed by atoms with Gasteiger partial charge in [0.2, 0.25) is 0 Å². The van der Waals surface area contributed by atoms with Crippen LogP contribution in [0.25, 0.3) is 85.6 Å². The third-order valence-corrected chi connectivity index (χ3v) is 28.4. The summed E-state index contributed by atoms with van der Waals surface area (Å²) in [6.45, 7) is 84.5. The first kappa shape index (κ1) is 97.2. The van der Waals surface area contributed by atoms with Crippen LogP contribution in [0.4, 0.5) is 0 Å². The van der Waals surface area contributed by atoms with E-state index in [0.29, 0.717) is 47.3 Å². The molecule has 0 saturated carbocycles. The first-order valence-electron chi connectivity index (χ1n) is 43.8. The number of hydrogen-bond acceptors (Lipinski definition) is 18. The topological polar surface area (TPSA) is 209 Å². The molecule has 16 rings (SSSR count). The molecule has 0 N–H and O–H groups in total. The van der Waals surface area contributed by atoms with Crippen LogP contribution in [0.5, 0.6) is 0 Å². The van der Waals surface area contributed by atoms with E-state index >= 15 is 0 Å². The number of furan rings is 1. The van der Waals surface area contributed by atoms with Crippen LogP contribution in [-0.2, 0) is 21.1 Å². The molecule has 16 aromatic heterocycles. The minimum Gasteiger partial charge on any atom is -0.460 e. The molecule has 0 amide bonds. The molecule has 16 aromatic rings. The standard InChI is InChI=1S/C14H20N2.2C13H19N3.C13H17NO.C13H17NS.C12H16N2O.2C12H16N2S/c1-8(2)13-7-12-11(5)15-10(4)9(3)14(12)16(13)6;1-7(2)13-15-11-10(5)14-9(4)8(3)12(11)16(13)6;1-7(2)13-15-11-8(3)9(4)14-10(5)12(11)16(13)6;2*1-7(2)12-6-11-10(5)14-9(4)8(3)13(11)15-12;2*1-6(2)12-14-10-9(5)13-8(4)7(3)11(10)15-12;1-6(2)12-14-10-7(3)8(4)13-9(5)11(10)15-12/h7-8H,1-6H3;2*7H,1-6H3;2*6-7H,1-5H3;3*6H,1-5H3. The van der Waals surface area contributed by atoms with Gasteiger partial charge >= 0.3 is 0 Å². The molecule has 0 spiro atoms. The lowest BCUT2D eigenvalue weighted by atomic mass is 10.1. The number of fused-ring (bicyclic) bond motifs is 8. The molecule has 123 heavy (non-hydrogen) atoms. The van der Waals surface area contributed by atoms with Crippen LogP contribution in [-0.4, -0.2) is 78.5 Å². The van der Waals surface area contributed by atoms with Gasteiger partial charge in [-0.15, -0.1) is 34.0 Å². The maximum absolute atomic E-state index is 5.88. The van der Waals surface area contributed by atoms with E-state index in [0.717, 1.165) is 170 Å². The van der Waals surface area contributed by atoms with Crippen molar-refractivity contribution in [3.63, 3.8) is 0 Å². The van der Waals surface area contributed by atoms with Crippen molar-refractivity contribution in [1.29, 1.82) is 0 Å². The number of oxazole rings is 1. The third-order valence-electron chi connectivity index (χ3n) is 23.9. The SMILES string of the molecule is Cc1nc(C)c2c(nc(C(C)C)n2C)c1C.Cc1nc(C)c2cc(C(C)C)n(C)c2c1C.Cc1nc(C)c2cc(C(C)C)oc2c1C.Cc1nc(C)c2cc(C(C)C)sc2c1C.Cc1nc(C)c2nc(C(C)C)n(C)c2c1C.Cc1nc(C)c2nc(C(C)C)oc2c1C.Cc1nc(C)c2nc(C(C)C)sc2c1C.Cc1nc(C)c2sc(C(C)C)nc2c1C. The predicted molar refractivity (Wildman–Crippen MR) is 524 cm³/mol. The zero-order valence-electron chi connectivity index (χ0n) is 82.5. The van der Waals surface area contributed by atoms with Gasteiger partial charge in [0, 0.05) is 162 Å². The highest BCUT2D eigenvalue weighted by Gasteiger charge is 2.23. The second kappa shape index (κ2) is 39.3. The summed E-state index contributed by atoms with van der Waals surface area (Å²) in [6.07, 6.45) is 0. The molecular weight excluding hydrogens is 1580 g/mol. The number of pyridine rings is 8. The molecule has 0 unspecified atom stereocenters. The first-order valence-corrected chi connectivity index (χ1v) is 46.3. The molecule has 0 atom stereocenters. The number of thiazole rings is 2. The van der Waals surface area contributed by atoms with Crippen LogP contribution in [0, 0.1) is 166 Å². The van der Waals surface area contributed by atoms with Crippen LogP contribution in [0.1, 0.15) is 338 Å². The zero-order valence-corrected chi connectivity index (χ0v) is 85.0. The van der Waals surface area contributed by atoms with Crippen molar-refractivity contribution in [1.82, 2.24) is 78.5 Å². The molecule has 0 aliphatic rings. The Hall–Kier alpha value is -9.57. The molecule has 0 radical (unpaired) electrons. The summed E-state index contributed by atoms with van der Waals surface area (Å²) >= 11 is 5.51. The fourth-order valence-electron chi connectivity index (χ4n) is 15.5.